The quantitative estimate of drug-likeness (QED) is 0.375. The van der Waals surface area contributed by atoms with Crippen molar-refractivity contribution in [1.82, 2.24) is 4.98 Å². The van der Waals surface area contributed by atoms with Gasteiger partial charge in [-0.2, -0.15) is 0 Å². The predicted molar refractivity (Wildman–Crippen MR) is 151 cm³/mol. The zero-order valence-corrected chi connectivity index (χ0v) is 23.0. The van der Waals surface area contributed by atoms with Gasteiger partial charge in [0, 0.05) is 48.0 Å². The van der Waals surface area contributed by atoms with Crippen LogP contribution < -0.4 is 30.3 Å². The Labute approximate surface area is 234 Å². The summed E-state index contributed by atoms with van der Waals surface area (Å²) >= 11 is 0. The van der Waals surface area contributed by atoms with E-state index < -0.39 is 29.4 Å². The highest BCUT2D eigenvalue weighted by molar-refractivity contribution is 6.13. The smallest absolute Gasteiger partial charge is 0.411 e. The molecule has 0 radical (unpaired) electrons. The van der Waals surface area contributed by atoms with E-state index in [4.69, 9.17) is 15.2 Å². The van der Waals surface area contributed by atoms with Gasteiger partial charge in [-0.25, -0.2) is 18.4 Å². The molecule has 0 spiro atoms. The van der Waals surface area contributed by atoms with Gasteiger partial charge in [0.25, 0.3) is 0 Å². The van der Waals surface area contributed by atoms with E-state index in [0.29, 0.717) is 39.6 Å². The maximum absolute atomic E-state index is 15.5. The van der Waals surface area contributed by atoms with Crippen LogP contribution in [0.1, 0.15) is 18.2 Å². The zero-order valence-electron chi connectivity index (χ0n) is 23.0. The molecule has 2 aromatic carbocycles. The molecule has 0 fully saturated rings. The van der Waals surface area contributed by atoms with E-state index in [1.807, 2.05) is 0 Å². The Bertz CT molecular complexity index is 1530. The Morgan fingerprint density at radius 3 is 2.27 bits per heavy atom. The van der Waals surface area contributed by atoms with Crippen molar-refractivity contribution in [1.29, 1.82) is 0 Å². The number of amides is 3. The lowest BCUT2D eigenvalue weighted by Gasteiger charge is -2.37. The molecule has 0 bridgehead atoms. The van der Waals surface area contributed by atoms with Crippen molar-refractivity contribution in [3.8, 4) is 11.5 Å². The van der Waals surface area contributed by atoms with Crippen molar-refractivity contribution in [2.75, 3.05) is 43.5 Å². The number of carbonyl (C=O) groups is 2. The van der Waals surface area contributed by atoms with Gasteiger partial charge in [-0.15, -0.1) is 0 Å². The molecule has 0 atom stereocenters. The summed E-state index contributed by atoms with van der Waals surface area (Å²) in [4.78, 5) is 36.5. The number of benzene rings is 2. The summed E-state index contributed by atoms with van der Waals surface area (Å²) in [5, 5.41) is 2.53. The van der Waals surface area contributed by atoms with E-state index in [0.717, 1.165) is 11.0 Å². The third-order valence-electron chi connectivity index (χ3n) is 6.29. The second-order valence-corrected chi connectivity index (χ2v) is 8.81. The molecule has 0 aliphatic carbocycles. The second kappa shape index (κ2) is 11.9. The maximum atomic E-state index is 15.5. The van der Waals surface area contributed by atoms with Crippen molar-refractivity contribution < 1.29 is 32.6 Å². The number of ether oxygens (including phenoxy) is 3. The molecule has 0 unspecified atom stereocenters. The number of nitrogens with two attached hydrogens (primary N) is 1. The number of hydrogen-bond acceptors (Lipinski definition) is 8. The predicted octanol–water partition coefficient (Wildman–Crippen LogP) is 5.22. The lowest BCUT2D eigenvalue weighted by molar-refractivity contribution is 0.187. The second-order valence-electron chi connectivity index (χ2n) is 8.81. The molecule has 1 aliphatic rings. The number of allylic oxidation sites excluding steroid dienone is 2. The van der Waals surface area contributed by atoms with Crippen LogP contribution in [0, 0.1) is 11.6 Å². The van der Waals surface area contributed by atoms with Gasteiger partial charge in [0.1, 0.15) is 5.69 Å². The fourth-order valence-electron chi connectivity index (χ4n) is 4.31. The minimum Gasteiger partial charge on any atom is -0.493 e. The number of nitrogens with one attached hydrogen (secondary N) is 1. The van der Waals surface area contributed by atoms with Crippen LogP contribution in [0.3, 0.4) is 0 Å². The van der Waals surface area contributed by atoms with Gasteiger partial charge in [-0.1, -0.05) is 0 Å². The van der Waals surface area contributed by atoms with Gasteiger partial charge in [0.05, 0.1) is 44.9 Å². The van der Waals surface area contributed by atoms with Crippen LogP contribution in [0.25, 0.3) is 5.57 Å². The highest BCUT2D eigenvalue weighted by atomic mass is 19.1. The van der Waals surface area contributed by atoms with E-state index in [9.17, 15) is 9.59 Å². The first kappa shape index (κ1) is 28.8. The Hall–Kier alpha value is -5.20. The number of pyridine rings is 1. The van der Waals surface area contributed by atoms with Crippen LogP contribution in [0.2, 0.25) is 0 Å². The third kappa shape index (κ3) is 5.46. The average molecular weight is 567 g/mol. The van der Waals surface area contributed by atoms with Crippen molar-refractivity contribution in [3.05, 3.63) is 71.2 Å². The van der Waals surface area contributed by atoms with E-state index in [1.54, 1.807) is 50.5 Å². The molecule has 0 saturated carbocycles. The number of aromatic nitrogens is 1. The number of carbonyl (C=O) groups excluding carboxylic acids is 2. The van der Waals surface area contributed by atoms with Crippen LogP contribution >= 0.6 is 0 Å². The topological polar surface area (TPSA) is 132 Å². The van der Waals surface area contributed by atoms with E-state index in [2.05, 4.69) is 20.0 Å². The van der Waals surface area contributed by atoms with Crippen molar-refractivity contribution in [3.63, 3.8) is 0 Å². The minimum atomic E-state index is -1.08. The number of urea groups is 1. The summed E-state index contributed by atoms with van der Waals surface area (Å²) in [6.07, 6.45) is 2.38. The molecule has 214 valence electrons. The molecule has 3 amide bonds. The van der Waals surface area contributed by atoms with Gasteiger partial charge in [0.2, 0.25) is 0 Å². The number of rotatable bonds is 7. The molecule has 4 rings (SSSR count). The molecule has 1 aromatic heterocycles. The van der Waals surface area contributed by atoms with Crippen LogP contribution in [0.5, 0.6) is 11.5 Å². The lowest BCUT2D eigenvalue weighted by Crippen LogP contribution is -2.46. The van der Waals surface area contributed by atoms with E-state index in [1.165, 1.54) is 32.4 Å². The molecule has 3 N–H and O–H groups in total. The molecular weight excluding hydrogens is 538 g/mol. The zero-order chi connectivity index (χ0) is 29.8. The Kier molecular flexibility index (Phi) is 8.36. The molecular formula is C28H28F2N6O5. The minimum absolute atomic E-state index is 0.216. The first-order chi connectivity index (χ1) is 19.6. The Balaban J connectivity index is 1.92. The number of nitrogens with zero attached hydrogens (tertiary/aromatic N) is 4. The molecule has 0 saturated heterocycles. The highest BCUT2D eigenvalue weighted by Crippen LogP contribution is 2.43. The maximum Gasteiger partial charge on any atom is 0.411 e. The molecule has 11 nitrogen and oxygen atoms in total. The van der Waals surface area contributed by atoms with Crippen molar-refractivity contribution in [2.45, 2.75) is 13.5 Å². The molecule has 13 heteroatoms. The SMILES string of the molecule is CN=CC(=C(C)N)c1cc2c(cn1)CN(c1c(F)c(OC)cc(OC)c1F)C(=O)N2c1ccc(NC(=O)OC)cc1. The van der Waals surface area contributed by atoms with Crippen LogP contribution in [-0.2, 0) is 11.3 Å². The van der Waals surface area contributed by atoms with Gasteiger partial charge in [-0.3, -0.25) is 25.1 Å². The van der Waals surface area contributed by atoms with Crippen LogP contribution in [0.15, 0.2) is 53.3 Å². The number of fused-ring (bicyclic) bond motifs is 1. The van der Waals surface area contributed by atoms with E-state index >= 15 is 8.78 Å². The number of methoxy groups -OCH3 is 3. The molecule has 2 heterocycles. The summed E-state index contributed by atoms with van der Waals surface area (Å²) in [5.74, 6) is -2.76. The van der Waals surface area contributed by atoms with Gasteiger partial charge in [0.15, 0.2) is 23.1 Å². The van der Waals surface area contributed by atoms with Crippen LogP contribution in [0.4, 0.5) is 41.1 Å². The van der Waals surface area contributed by atoms with E-state index in [-0.39, 0.29) is 18.0 Å². The summed E-state index contributed by atoms with van der Waals surface area (Å²) in [6.45, 7) is 1.48. The summed E-state index contributed by atoms with van der Waals surface area (Å²) in [5.41, 5.74) is 8.46. The Morgan fingerprint density at radius 1 is 1.10 bits per heavy atom. The first-order valence-corrected chi connectivity index (χ1v) is 12.2. The van der Waals surface area contributed by atoms with Gasteiger partial charge < -0.3 is 19.9 Å². The summed E-state index contributed by atoms with van der Waals surface area (Å²) in [7, 11) is 5.26. The monoisotopic (exact) mass is 566 g/mol. The molecule has 3 aromatic rings. The number of anilines is 4. The molecule has 41 heavy (non-hydrogen) atoms. The number of hydrogen-bond donors (Lipinski definition) is 2. The largest absolute Gasteiger partial charge is 0.493 e. The average Bonchev–Trinajstić information content (AvgIpc) is 2.96. The van der Waals surface area contributed by atoms with Gasteiger partial charge >= 0.3 is 12.1 Å². The first-order valence-electron chi connectivity index (χ1n) is 12.2. The Morgan fingerprint density at radius 2 is 1.73 bits per heavy atom. The standard InChI is InChI=1S/C28H28F2N6O5/c1-15(31)19(13-32-2)20-10-21-16(12-33-20)14-35(26-24(29)22(39-3)11-23(40-4)25(26)30)28(38)36(21)18-8-6-17(7-9-18)34-27(37)41-5/h6-13H,14,31H2,1-5H3,(H,34,37). The third-order valence-corrected chi connectivity index (χ3v) is 6.29. The summed E-state index contributed by atoms with van der Waals surface area (Å²) in [6, 6.07) is 8.17. The van der Waals surface area contributed by atoms with Crippen LogP contribution in [-0.4, -0.2) is 51.7 Å². The molecule has 1 aliphatic heterocycles. The highest BCUT2D eigenvalue weighted by Gasteiger charge is 2.37. The fourth-order valence-corrected chi connectivity index (χ4v) is 4.31. The fraction of sp³-hybridized carbons (Fsp3) is 0.214. The van der Waals surface area contributed by atoms with Crippen molar-refractivity contribution >= 4 is 46.7 Å². The number of aliphatic imine (C=N–C) groups is 1. The number of halogens is 2. The van der Waals surface area contributed by atoms with Crippen molar-refractivity contribution in [2.24, 2.45) is 10.7 Å². The summed E-state index contributed by atoms with van der Waals surface area (Å²) < 4.78 is 45.8. The lowest BCUT2D eigenvalue weighted by atomic mass is 10.0. The normalized spacial score (nSPS) is 13.6. The van der Waals surface area contributed by atoms with Gasteiger partial charge in [-0.05, 0) is 37.3 Å².